The van der Waals surface area contributed by atoms with Crippen molar-refractivity contribution in [3.05, 3.63) is 34.3 Å². The standard InChI is InChI=1S/C13H18BrN/c1-10-7-12(10)9-15(2)8-11-5-3-4-6-13(11)14/h3-6,10,12H,7-9H2,1-2H3. The summed E-state index contributed by atoms with van der Waals surface area (Å²) in [6, 6.07) is 8.48. The van der Waals surface area contributed by atoms with Crippen LogP contribution in [0.5, 0.6) is 0 Å². The molecule has 82 valence electrons. The van der Waals surface area contributed by atoms with Gasteiger partial charge in [-0.15, -0.1) is 0 Å². The Balaban J connectivity index is 1.88. The number of nitrogens with zero attached hydrogens (tertiary/aromatic N) is 1. The number of benzene rings is 1. The van der Waals surface area contributed by atoms with Gasteiger partial charge >= 0.3 is 0 Å². The van der Waals surface area contributed by atoms with Gasteiger partial charge in [-0.3, -0.25) is 0 Å². The van der Waals surface area contributed by atoms with Crippen molar-refractivity contribution in [1.82, 2.24) is 4.90 Å². The van der Waals surface area contributed by atoms with Gasteiger partial charge < -0.3 is 4.90 Å². The van der Waals surface area contributed by atoms with Crippen LogP contribution in [0.2, 0.25) is 0 Å². The fourth-order valence-corrected chi connectivity index (χ4v) is 2.45. The third kappa shape index (κ3) is 3.05. The van der Waals surface area contributed by atoms with Crippen molar-refractivity contribution in [3.63, 3.8) is 0 Å². The molecule has 0 amide bonds. The Kier molecular flexibility index (Phi) is 3.47. The van der Waals surface area contributed by atoms with E-state index in [0.717, 1.165) is 18.4 Å². The monoisotopic (exact) mass is 267 g/mol. The van der Waals surface area contributed by atoms with Gasteiger partial charge in [0.2, 0.25) is 0 Å². The molecule has 15 heavy (non-hydrogen) atoms. The van der Waals surface area contributed by atoms with Crippen LogP contribution >= 0.6 is 15.9 Å². The molecule has 1 saturated carbocycles. The summed E-state index contributed by atoms with van der Waals surface area (Å²) in [7, 11) is 2.21. The molecule has 2 unspecified atom stereocenters. The van der Waals surface area contributed by atoms with Crippen molar-refractivity contribution in [3.8, 4) is 0 Å². The van der Waals surface area contributed by atoms with Crippen LogP contribution in [0.25, 0.3) is 0 Å². The van der Waals surface area contributed by atoms with E-state index >= 15 is 0 Å². The van der Waals surface area contributed by atoms with Gasteiger partial charge in [-0.25, -0.2) is 0 Å². The van der Waals surface area contributed by atoms with E-state index in [0.29, 0.717) is 0 Å². The van der Waals surface area contributed by atoms with Gasteiger partial charge in [-0.1, -0.05) is 41.1 Å². The number of hydrogen-bond donors (Lipinski definition) is 0. The first kappa shape index (κ1) is 11.2. The normalized spacial score (nSPS) is 24.5. The number of rotatable bonds is 4. The molecule has 0 heterocycles. The minimum Gasteiger partial charge on any atom is -0.302 e. The summed E-state index contributed by atoms with van der Waals surface area (Å²) in [6.45, 7) is 4.63. The topological polar surface area (TPSA) is 3.24 Å². The summed E-state index contributed by atoms with van der Waals surface area (Å²) in [4.78, 5) is 2.42. The highest BCUT2D eigenvalue weighted by Crippen LogP contribution is 2.38. The average Bonchev–Trinajstić information content (AvgIpc) is 2.86. The van der Waals surface area contributed by atoms with Crippen molar-refractivity contribution < 1.29 is 0 Å². The van der Waals surface area contributed by atoms with E-state index in [-0.39, 0.29) is 0 Å². The lowest BCUT2D eigenvalue weighted by molar-refractivity contribution is 0.307. The van der Waals surface area contributed by atoms with Gasteiger partial charge in [-0.2, -0.15) is 0 Å². The van der Waals surface area contributed by atoms with Crippen molar-refractivity contribution >= 4 is 15.9 Å². The van der Waals surface area contributed by atoms with Crippen LogP contribution in [0.3, 0.4) is 0 Å². The highest BCUT2D eigenvalue weighted by atomic mass is 79.9. The molecule has 2 heteroatoms. The molecule has 0 aliphatic heterocycles. The smallest absolute Gasteiger partial charge is 0.0242 e. The maximum absolute atomic E-state index is 3.59. The first-order valence-corrected chi connectivity index (χ1v) is 6.38. The number of halogens is 1. The number of hydrogen-bond acceptors (Lipinski definition) is 1. The Bertz CT molecular complexity index is 337. The van der Waals surface area contributed by atoms with Crippen LogP contribution < -0.4 is 0 Å². The van der Waals surface area contributed by atoms with Gasteiger partial charge in [0.05, 0.1) is 0 Å². The molecule has 0 spiro atoms. The van der Waals surface area contributed by atoms with Crippen molar-refractivity contribution in [2.24, 2.45) is 11.8 Å². The van der Waals surface area contributed by atoms with E-state index in [4.69, 9.17) is 0 Å². The third-order valence-corrected chi connectivity index (χ3v) is 3.99. The molecule has 1 nitrogen and oxygen atoms in total. The summed E-state index contributed by atoms with van der Waals surface area (Å²) in [5.41, 5.74) is 1.38. The van der Waals surface area contributed by atoms with Crippen LogP contribution in [0, 0.1) is 11.8 Å². The Morgan fingerprint density at radius 3 is 2.67 bits per heavy atom. The van der Waals surface area contributed by atoms with Crippen LogP contribution in [0.1, 0.15) is 18.9 Å². The van der Waals surface area contributed by atoms with Crippen LogP contribution in [-0.2, 0) is 6.54 Å². The largest absolute Gasteiger partial charge is 0.302 e. The molecule has 0 aromatic heterocycles. The molecule has 0 radical (unpaired) electrons. The Labute approximate surface area is 101 Å². The maximum atomic E-state index is 3.59. The van der Waals surface area contributed by atoms with E-state index in [9.17, 15) is 0 Å². The summed E-state index contributed by atoms with van der Waals surface area (Å²) in [5, 5.41) is 0. The van der Waals surface area contributed by atoms with Gasteiger partial charge in [-0.05, 0) is 36.9 Å². The Hall–Kier alpha value is -0.340. The average molecular weight is 268 g/mol. The minimum atomic E-state index is 0.942. The Morgan fingerprint density at radius 2 is 2.07 bits per heavy atom. The maximum Gasteiger partial charge on any atom is 0.0242 e. The highest BCUT2D eigenvalue weighted by Gasteiger charge is 2.32. The van der Waals surface area contributed by atoms with Crippen molar-refractivity contribution in [2.75, 3.05) is 13.6 Å². The molecule has 1 aromatic rings. The summed E-state index contributed by atoms with van der Waals surface area (Å²) < 4.78 is 1.22. The predicted molar refractivity (Wildman–Crippen MR) is 67.7 cm³/mol. The van der Waals surface area contributed by atoms with E-state index in [2.05, 4.69) is 59.1 Å². The van der Waals surface area contributed by atoms with E-state index in [1.807, 2.05) is 0 Å². The fourth-order valence-electron chi connectivity index (χ4n) is 2.04. The lowest BCUT2D eigenvalue weighted by atomic mass is 10.2. The second kappa shape index (κ2) is 4.67. The van der Waals surface area contributed by atoms with Gasteiger partial charge in [0.25, 0.3) is 0 Å². The van der Waals surface area contributed by atoms with E-state index in [1.54, 1.807) is 0 Å². The van der Waals surface area contributed by atoms with E-state index in [1.165, 1.54) is 23.0 Å². The SMILES string of the molecule is CC1CC1CN(C)Cc1ccccc1Br. The van der Waals surface area contributed by atoms with Crippen LogP contribution in [-0.4, -0.2) is 18.5 Å². The quantitative estimate of drug-likeness (QED) is 0.807. The molecule has 2 atom stereocenters. The lowest BCUT2D eigenvalue weighted by Crippen LogP contribution is -2.21. The molecule has 1 aromatic carbocycles. The molecule has 0 saturated heterocycles. The predicted octanol–water partition coefficient (Wildman–Crippen LogP) is 3.54. The molecule has 1 aliphatic rings. The molecule has 1 fully saturated rings. The zero-order valence-electron chi connectivity index (χ0n) is 9.41. The molecule has 2 rings (SSSR count). The molecular formula is C13H18BrN. The zero-order chi connectivity index (χ0) is 10.8. The van der Waals surface area contributed by atoms with Crippen LogP contribution in [0.4, 0.5) is 0 Å². The highest BCUT2D eigenvalue weighted by molar-refractivity contribution is 9.10. The third-order valence-electron chi connectivity index (χ3n) is 3.22. The summed E-state index contributed by atoms with van der Waals surface area (Å²) in [6.07, 6.45) is 1.42. The lowest BCUT2D eigenvalue weighted by Gasteiger charge is -2.17. The van der Waals surface area contributed by atoms with Gasteiger partial charge in [0, 0.05) is 17.6 Å². The summed E-state index contributed by atoms with van der Waals surface area (Å²) in [5.74, 6) is 1.89. The summed E-state index contributed by atoms with van der Waals surface area (Å²) >= 11 is 3.59. The van der Waals surface area contributed by atoms with Crippen molar-refractivity contribution in [1.29, 1.82) is 0 Å². The minimum absolute atomic E-state index is 0.942. The fraction of sp³-hybridized carbons (Fsp3) is 0.538. The second-order valence-electron chi connectivity index (χ2n) is 4.76. The van der Waals surface area contributed by atoms with Crippen molar-refractivity contribution in [2.45, 2.75) is 19.9 Å². The van der Waals surface area contributed by atoms with Gasteiger partial charge in [0.1, 0.15) is 0 Å². The van der Waals surface area contributed by atoms with Crippen LogP contribution in [0.15, 0.2) is 28.7 Å². The molecular weight excluding hydrogens is 250 g/mol. The first-order valence-electron chi connectivity index (χ1n) is 5.58. The first-order chi connectivity index (χ1) is 7.16. The Morgan fingerprint density at radius 1 is 1.40 bits per heavy atom. The molecule has 0 bridgehead atoms. The zero-order valence-corrected chi connectivity index (χ0v) is 11.0. The molecule has 1 aliphatic carbocycles. The molecule has 0 N–H and O–H groups in total. The van der Waals surface area contributed by atoms with E-state index < -0.39 is 0 Å². The second-order valence-corrected chi connectivity index (χ2v) is 5.62. The van der Waals surface area contributed by atoms with Gasteiger partial charge in [0.15, 0.2) is 0 Å².